The van der Waals surface area contributed by atoms with Crippen molar-refractivity contribution in [2.24, 2.45) is 0 Å². The summed E-state index contributed by atoms with van der Waals surface area (Å²) in [4.78, 5) is -0.0163. The van der Waals surface area contributed by atoms with E-state index in [-0.39, 0.29) is 27.9 Å². The summed E-state index contributed by atoms with van der Waals surface area (Å²) in [6.45, 7) is 5.27. The molecule has 2 aromatic rings. The van der Waals surface area contributed by atoms with E-state index in [0.717, 1.165) is 6.26 Å². The number of rotatable bonds is 5. The molecule has 0 radical (unpaired) electrons. The first-order valence-electron chi connectivity index (χ1n) is 6.73. The van der Waals surface area contributed by atoms with Crippen LogP contribution in [0.15, 0.2) is 27.5 Å². The van der Waals surface area contributed by atoms with Crippen molar-refractivity contribution in [2.45, 2.75) is 31.6 Å². The number of furan rings is 1. The molecule has 1 aromatic carbocycles. The molecular weight excluding hydrogens is 328 g/mol. The number of hydrogen-bond acceptors (Lipinski definition) is 6. The number of hydrogen-bond donors (Lipinski definition) is 0. The Bertz CT molecular complexity index is 904. The number of benzene rings is 1. The fourth-order valence-corrected chi connectivity index (χ4v) is 3.05. The highest BCUT2D eigenvalue weighted by molar-refractivity contribution is 7.90. The Labute approximate surface area is 130 Å². The third-order valence-corrected chi connectivity index (χ3v) is 5.37. The van der Waals surface area contributed by atoms with Gasteiger partial charge in [-0.2, -0.15) is 8.42 Å². The smallest absolute Gasteiger partial charge is 0.309 e. The Morgan fingerprint density at radius 3 is 2.27 bits per heavy atom. The van der Waals surface area contributed by atoms with Crippen LogP contribution in [0.3, 0.4) is 0 Å². The van der Waals surface area contributed by atoms with E-state index < -0.39 is 20.0 Å². The molecule has 2 rings (SSSR count). The molecule has 122 valence electrons. The molecule has 0 aliphatic rings. The van der Waals surface area contributed by atoms with Crippen LogP contribution < -0.4 is 4.18 Å². The van der Waals surface area contributed by atoms with Gasteiger partial charge in [0, 0.05) is 23.6 Å². The summed E-state index contributed by atoms with van der Waals surface area (Å²) < 4.78 is 57.6. The molecule has 0 aliphatic heterocycles. The zero-order valence-electron chi connectivity index (χ0n) is 12.8. The van der Waals surface area contributed by atoms with Crippen LogP contribution in [-0.4, -0.2) is 28.8 Å². The topological polar surface area (TPSA) is 90.7 Å². The van der Waals surface area contributed by atoms with Crippen LogP contribution in [0, 0.1) is 0 Å². The van der Waals surface area contributed by atoms with Gasteiger partial charge in [-0.05, 0) is 19.1 Å². The standard InChI is InChI=1S/C14H18O6S2/c1-5-22(17,18)20-13-8-11(21(4,15)16)6-10-7-12(9(2)3)19-14(10)13/h6-9H,5H2,1-4H3. The first-order valence-corrected chi connectivity index (χ1v) is 10.2. The first kappa shape index (κ1) is 16.8. The van der Waals surface area contributed by atoms with Crippen molar-refractivity contribution in [3.63, 3.8) is 0 Å². The largest absolute Gasteiger partial charge is 0.457 e. The predicted octanol–water partition coefficient (Wildman–Crippen LogP) is 2.69. The Balaban J connectivity index is 2.75. The van der Waals surface area contributed by atoms with Gasteiger partial charge in [0.05, 0.1) is 10.6 Å². The molecule has 0 unspecified atom stereocenters. The van der Waals surface area contributed by atoms with Gasteiger partial charge in [-0.15, -0.1) is 0 Å². The molecule has 8 heteroatoms. The quantitative estimate of drug-likeness (QED) is 0.773. The summed E-state index contributed by atoms with van der Waals surface area (Å²) in [5.41, 5.74) is 0.230. The van der Waals surface area contributed by atoms with Gasteiger partial charge in [0.25, 0.3) is 0 Å². The summed E-state index contributed by atoms with van der Waals surface area (Å²) in [5.74, 6) is 0.366. The van der Waals surface area contributed by atoms with Crippen LogP contribution in [0.25, 0.3) is 11.0 Å². The fourth-order valence-electron chi connectivity index (χ4n) is 1.87. The van der Waals surface area contributed by atoms with Crippen LogP contribution in [-0.2, 0) is 20.0 Å². The van der Waals surface area contributed by atoms with Gasteiger partial charge in [0.2, 0.25) is 0 Å². The molecule has 0 spiro atoms. The zero-order chi connectivity index (χ0) is 16.7. The highest BCUT2D eigenvalue weighted by Crippen LogP contribution is 2.35. The van der Waals surface area contributed by atoms with Gasteiger partial charge in [-0.3, -0.25) is 0 Å². The fraction of sp³-hybridized carbons (Fsp3) is 0.429. The second-order valence-electron chi connectivity index (χ2n) is 5.35. The molecule has 22 heavy (non-hydrogen) atoms. The van der Waals surface area contributed by atoms with E-state index in [1.54, 1.807) is 6.07 Å². The molecule has 0 aliphatic carbocycles. The van der Waals surface area contributed by atoms with Crippen LogP contribution in [0.2, 0.25) is 0 Å². The van der Waals surface area contributed by atoms with Crippen molar-refractivity contribution in [2.75, 3.05) is 12.0 Å². The van der Waals surface area contributed by atoms with Crippen LogP contribution in [0.1, 0.15) is 32.4 Å². The van der Waals surface area contributed by atoms with E-state index in [9.17, 15) is 16.8 Å². The molecule has 0 amide bonds. The third kappa shape index (κ3) is 3.44. The second kappa shape index (κ2) is 5.58. The molecule has 0 fully saturated rings. The minimum Gasteiger partial charge on any atom is -0.457 e. The Hall–Kier alpha value is -1.54. The van der Waals surface area contributed by atoms with Gasteiger partial charge < -0.3 is 8.60 Å². The maximum atomic E-state index is 11.8. The Morgan fingerprint density at radius 1 is 1.14 bits per heavy atom. The lowest BCUT2D eigenvalue weighted by Gasteiger charge is -2.07. The van der Waals surface area contributed by atoms with Crippen molar-refractivity contribution in [1.29, 1.82) is 0 Å². The summed E-state index contributed by atoms with van der Waals surface area (Å²) in [5, 5.41) is 0.493. The van der Waals surface area contributed by atoms with Crippen molar-refractivity contribution in [3.8, 4) is 5.75 Å². The highest BCUT2D eigenvalue weighted by atomic mass is 32.2. The van der Waals surface area contributed by atoms with E-state index >= 15 is 0 Å². The predicted molar refractivity (Wildman–Crippen MR) is 83.5 cm³/mol. The highest BCUT2D eigenvalue weighted by Gasteiger charge is 2.20. The van der Waals surface area contributed by atoms with Gasteiger partial charge in [-0.25, -0.2) is 8.42 Å². The molecule has 0 atom stereocenters. The monoisotopic (exact) mass is 346 g/mol. The van der Waals surface area contributed by atoms with Crippen LogP contribution in [0.5, 0.6) is 5.75 Å². The summed E-state index contributed by atoms with van der Waals surface area (Å²) in [7, 11) is -7.30. The van der Waals surface area contributed by atoms with E-state index in [1.165, 1.54) is 19.1 Å². The lowest BCUT2D eigenvalue weighted by Crippen LogP contribution is -2.12. The van der Waals surface area contributed by atoms with Gasteiger partial charge in [-0.1, -0.05) is 13.8 Å². The molecule has 0 N–H and O–H groups in total. The third-order valence-electron chi connectivity index (χ3n) is 3.14. The van der Waals surface area contributed by atoms with E-state index in [4.69, 9.17) is 8.60 Å². The van der Waals surface area contributed by atoms with Crippen molar-refractivity contribution < 1.29 is 25.4 Å². The minimum absolute atomic E-state index is 0.0163. The summed E-state index contributed by atoms with van der Waals surface area (Å²) in [6, 6.07) is 4.32. The van der Waals surface area contributed by atoms with E-state index in [0.29, 0.717) is 11.1 Å². The van der Waals surface area contributed by atoms with Crippen LogP contribution >= 0.6 is 0 Å². The second-order valence-corrected chi connectivity index (χ2v) is 9.22. The molecule has 1 aromatic heterocycles. The van der Waals surface area contributed by atoms with Gasteiger partial charge in [0.15, 0.2) is 21.2 Å². The van der Waals surface area contributed by atoms with Crippen molar-refractivity contribution in [1.82, 2.24) is 0 Å². The zero-order valence-corrected chi connectivity index (χ0v) is 14.4. The van der Waals surface area contributed by atoms with Gasteiger partial charge >= 0.3 is 10.1 Å². The van der Waals surface area contributed by atoms with Crippen LogP contribution in [0.4, 0.5) is 0 Å². The maximum absolute atomic E-state index is 11.8. The van der Waals surface area contributed by atoms with E-state index in [2.05, 4.69) is 0 Å². The Morgan fingerprint density at radius 2 is 1.77 bits per heavy atom. The molecular formula is C14H18O6S2. The normalized spacial score (nSPS) is 13.0. The number of sulfone groups is 1. The minimum atomic E-state index is -3.79. The lowest BCUT2D eigenvalue weighted by molar-refractivity contribution is 0.471. The van der Waals surface area contributed by atoms with Gasteiger partial charge in [0.1, 0.15) is 5.76 Å². The molecule has 0 saturated heterocycles. The molecule has 1 heterocycles. The van der Waals surface area contributed by atoms with Crippen molar-refractivity contribution in [3.05, 3.63) is 24.0 Å². The number of fused-ring (bicyclic) bond motifs is 1. The maximum Gasteiger partial charge on any atom is 0.309 e. The lowest BCUT2D eigenvalue weighted by atomic mass is 10.1. The SMILES string of the molecule is CCS(=O)(=O)Oc1cc(S(C)(=O)=O)cc2cc(C(C)C)oc12. The Kier molecular flexibility index (Phi) is 4.27. The van der Waals surface area contributed by atoms with Crippen molar-refractivity contribution >= 4 is 30.9 Å². The van der Waals surface area contributed by atoms with E-state index in [1.807, 2.05) is 13.8 Å². The average molecular weight is 346 g/mol. The summed E-state index contributed by atoms with van der Waals surface area (Å²) in [6.07, 6.45) is 1.05. The molecule has 0 saturated carbocycles. The first-order chi connectivity index (χ1) is 10.0. The molecule has 6 nitrogen and oxygen atoms in total. The summed E-state index contributed by atoms with van der Waals surface area (Å²) >= 11 is 0. The average Bonchev–Trinajstić information content (AvgIpc) is 2.81. The molecule has 0 bridgehead atoms.